The lowest BCUT2D eigenvalue weighted by Crippen LogP contribution is -2.27. The van der Waals surface area contributed by atoms with Crippen molar-refractivity contribution in [2.24, 2.45) is 0 Å². The molecule has 1 aromatic rings. The third-order valence-corrected chi connectivity index (χ3v) is 2.81. The molecule has 0 aliphatic carbocycles. The maximum absolute atomic E-state index is 9.14. The normalized spacial score (nSPS) is 15.1. The van der Waals surface area contributed by atoms with Crippen LogP contribution in [-0.2, 0) is 0 Å². The Labute approximate surface area is 93.5 Å². The smallest absolute Gasteiger partial charge is 0.0636 e. The molecule has 1 unspecified atom stereocenters. The minimum absolute atomic E-state index is 0.250. The van der Waals surface area contributed by atoms with Crippen LogP contribution in [0.2, 0.25) is 0 Å². The van der Waals surface area contributed by atoms with E-state index in [9.17, 15) is 0 Å². The number of benzene rings is 1. The summed E-state index contributed by atoms with van der Waals surface area (Å²) in [6.07, 6.45) is -0.306. The minimum Gasteiger partial charge on any atom is -0.392 e. The summed E-state index contributed by atoms with van der Waals surface area (Å²) in [6.45, 7) is 4.48. The summed E-state index contributed by atoms with van der Waals surface area (Å²) >= 11 is 3.50. The fourth-order valence-electron chi connectivity index (χ4n) is 1.28. The fraction of sp³-hybridized carbons (Fsp3) is 0.455. The van der Waals surface area contributed by atoms with Crippen molar-refractivity contribution in [1.29, 1.82) is 0 Å². The second-order valence-electron chi connectivity index (χ2n) is 3.50. The summed E-state index contributed by atoms with van der Waals surface area (Å²) in [5, 5.41) is 12.4. The molecule has 0 aliphatic rings. The van der Waals surface area contributed by atoms with Gasteiger partial charge in [0, 0.05) is 17.1 Å². The van der Waals surface area contributed by atoms with Crippen molar-refractivity contribution in [2.75, 3.05) is 6.54 Å². The summed E-state index contributed by atoms with van der Waals surface area (Å²) in [6, 6.07) is 8.36. The van der Waals surface area contributed by atoms with E-state index in [1.54, 1.807) is 6.92 Å². The number of rotatable bonds is 4. The van der Waals surface area contributed by atoms with Crippen molar-refractivity contribution in [3.05, 3.63) is 34.3 Å². The molecule has 0 bridgehead atoms. The van der Waals surface area contributed by atoms with E-state index in [1.165, 1.54) is 5.56 Å². The molecule has 2 N–H and O–H groups in total. The first-order valence-electron chi connectivity index (χ1n) is 4.77. The van der Waals surface area contributed by atoms with Crippen LogP contribution in [0.1, 0.15) is 25.5 Å². The third kappa shape index (κ3) is 3.40. The zero-order chi connectivity index (χ0) is 10.6. The van der Waals surface area contributed by atoms with E-state index in [1.807, 2.05) is 18.2 Å². The molecule has 0 saturated carbocycles. The van der Waals surface area contributed by atoms with Crippen molar-refractivity contribution in [3.63, 3.8) is 0 Å². The molecule has 0 spiro atoms. The van der Waals surface area contributed by atoms with Gasteiger partial charge in [-0.2, -0.15) is 0 Å². The second kappa shape index (κ2) is 5.49. The molecule has 78 valence electrons. The number of hydrogen-bond acceptors (Lipinski definition) is 2. The zero-order valence-corrected chi connectivity index (χ0v) is 10.1. The number of aliphatic hydroxyl groups excluding tert-OH is 1. The largest absolute Gasteiger partial charge is 0.392 e. The Morgan fingerprint density at radius 1 is 1.36 bits per heavy atom. The monoisotopic (exact) mass is 257 g/mol. The predicted octanol–water partition coefficient (Wildman–Crippen LogP) is 2.48. The second-order valence-corrected chi connectivity index (χ2v) is 4.35. The molecule has 0 amide bonds. The number of halogens is 1. The zero-order valence-electron chi connectivity index (χ0n) is 8.50. The van der Waals surface area contributed by atoms with Crippen LogP contribution < -0.4 is 5.32 Å². The third-order valence-electron chi connectivity index (χ3n) is 2.09. The Morgan fingerprint density at radius 3 is 2.57 bits per heavy atom. The van der Waals surface area contributed by atoms with Crippen LogP contribution in [0.3, 0.4) is 0 Å². The molecule has 1 rings (SSSR count). The van der Waals surface area contributed by atoms with Crippen LogP contribution in [0, 0.1) is 0 Å². The molecule has 3 heteroatoms. The van der Waals surface area contributed by atoms with Crippen molar-refractivity contribution >= 4 is 15.9 Å². The summed E-state index contributed by atoms with van der Waals surface area (Å²) in [5.41, 5.74) is 1.22. The van der Waals surface area contributed by atoms with Gasteiger partial charge in [0.1, 0.15) is 0 Å². The number of nitrogens with one attached hydrogen (secondary N) is 1. The average Bonchev–Trinajstić information content (AvgIpc) is 2.15. The lowest BCUT2D eigenvalue weighted by atomic mass is 10.1. The Bertz CT molecular complexity index is 288. The molecular weight excluding hydrogens is 242 g/mol. The van der Waals surface area contributed by atoms with Gasteiger partial charge in [-0.15, -0.1) is 0 Å². The highest BCUT2D eigenvalue weighted by Gasteiger charge is 2.08. The van der Waals surface area contributed by atoms with Gasteiger partial charge in [0.25, 0.3) is 0 Å². The van der Waals surface area contributed by atoms with Gasteiger partial charge in [-0.05, 0) is 25.5 Å². The van der Waals surface area contributed by atoms with E-state index < -0.39 is 0 Å². The minimum atomic E-state index is -0.306. The van der Waals surface area contributed by atoms with Crippen LogP contribution in [0.15, 0.2) is 28.7 Å². The fourth-order valence-corrected chi connectivity index (χ4v) is 1.91. The van der Waals surface area contributed by atoms with Gasteiger partial charge in [-0.3, -0.25) is 0 Å². The molecule has 0 saturated heterocycles. The summed E-state index contributed by atoms with van der Waals surface area (Å²) in [5.74, 6) is 0. The molecule has 0 fully saturated rings. The predicted molar refractivity (Wildman–Crippen MR) is 62.2 cm³/mol. The summed E-state index contributed by atoms with van der Waals surface area (Å²) < 4.78 is 1.10. The van der Waals surface area contributed by atoms with E-state index in [2.05, 4.69) is 34.2 Å². The Hall–Kier alpha value is -0.380. The van der Waals surface area contributed by atoms with E-state index in [-0.39, 0.29) is 12.1 Å². The van der Waals surface area contributed by atoms with Crippen molar-refractivity contribution in [3.8, 4) is 0 Å². The highest BCUT2D eigenvalue weighted by atomic mass is 79.9. The lowest BCUT2D eigenvalue weighted by molar-refractivity contribution is 0.187. The molecule has 2 atom stereocenters. The SMILES string of the molecule is CC(NC[C@@H](C)O)c1ccccc1Br. The molecule has 0 heterocycles. The first-order valence-corrected chi connectivity index (χ1v) is 5.56. The maximum atomic E-state index is 9.14. The molecule has 1 aromatic carbocycles. The van der Waals surface area contributed by atoms with Gasteiger partial charge >= 0.3 is 0 Å². The van der Waals surface area contributed by atoms with Gasteiger partial charge in [0.15, 0.2) is 0 Å². The van der Waals surface area contributed by atoms with Crippen LogP contribution in [-0.4, -0.2) is 17.8 Å². The lowest BCUT2D eigenvalue weighted by Gasteiger charge is -2.16. The molecule has 2 nitrogen and oxygen atoms in total. The number of aliphatic hydroxyl groups is 1. The van der Waals surface area contributed by atoms with Crippen LogP contribution in [0.4, 0.5) is 0 Å². The van der Waals surface area contributed by atoms with Crippen LogP contribution >= 0.6 is 15.9 Å². The Kier molecular flexibility index (Phi) is 4.58. The van der Waals surface area contributed by atoms with E-state index >= 15 is 0 Å². The van der Waals surface area contributed by atoms with E-state index in [0.29, 0.717) is 6.54 Å². The first-order chi connectivity index (χ1) is 6.61. The van der Waals surface area contributed by atoms with Gasteiger partial charge in [0.05, 0.1) is 6.10 Å². The molecule has 0 aliphatic heterocycles. The van der Waals surface area contributed by atoms with E-state index in [0.717, 1.165) is 4.47 Å². The summed E-state index contributed by atoms with van der Waals surface area (Å²) in [7, 11) is 0. The molecular formula is C11H16BrNO. The molecule has 14 heavy (non-hydrogen) atoms. The van der Waals surface area contributed by atoms with E-state index in [4.69, 9.17) is 5.11 Å². The van der Waals surface area contributed by atoms with Gasteiger partial charge < -0.3 is 10.4 Å². The standard InChI is InChI=1S/C11H16BrNO/c1-8(14)7-13-9(2)10-5-3-4-6-11(10)12/h3-6,8-9,13-14H,7H2,1-2H3/t8-,9?/m1/s1. The highest BCUT2D eigenvalue weighted by Crippen LogP contribution is 2.22. The van der Waals surface area contributed by atoms with Gasteiger partial charge in [-0.25, -0.2) is 0 Å². The van der Waals surface area contributed by atoms with Crippen LogP contribution in [0.5, 0.6) is 0 Å². The number of hydrogen-bond donors (Lipinski definition) is 2. The topological polar surface area (TPSA) is 32.3 Å². The molecule has 0 aromatic heterocycles. The van der Waals surface area contributed by atoms with Crippen molar-refractivity contribution < 1.29 is 5.11 Å². The maximum Gasteiger partial charge on any atom is 0.0636 e. The van der Waals surface area contributed by atoms with Gasteiger partial charge in [0.2, 0.25) is 0 Å². The van der Waals surface area contributed by atoms with Gasteiger partial charge in [-0.1, -0.05) is 34.1 Å². The highest BCUT2D eigenvalue weighted by molar-refractivity contribution is 9.10. The molecule has 0 radical (unpaired) electrons. The average molecular weight is 258 g/mol. The first kappa shape index (κ1) is 11.7. The van der Waals surface area contributed by atoms with Crippen LogP contribution in [0.25, 0.3) is 0 Å². The Balaban J connectivity index is 2.60. The van der Waals surface area contributed by atoms with Crippen molar-refractivity contribution in [2.45, 2.75) is 26.0 Å². The Morgan fingerprint density at radius 2 is 2.00 bits per heavy atom. The van der Waals surface area contributed by atoms with Crippen molar-refractivity contribution in [1.82, 2.24) is 5.32 Å². The summed E-state index contributed by atoms with van der Waals surface area (Å²) in [4.78, 5) is 0. The quantitative estimate of drug-likeness (QED) is 0.869.